The molecule has 6 rings (SSSR count). The smallest absolute Gasteiger partial charge is 0.188 e. The summed E-state index contributed by atoms with van der Waals surface area (Å²) in [4.78, 5) is 19.8. The van der Waals surface area contributed by atoms with Gasteiger partial charge in [-0.05, 0) is 50.7 Å². The van der Waals surface area contributed by atoms with Crippen molar-refractivity contribution in [3.63, 3.8) is 0 Å². The molecule has 0 unspecified atom stereocenters. The van der Waals surface area contributed by atoms with Gasteiger partial charge in [0, 0.05) is 62.3 Å². The number of nitrogens with zero attached hydrogens (tertiary/aromatic N) is 6. The lowest BCUT2D eigenvalue weighted by Gasteiger charge is -2.44. The number of hydrogen-bond acceptors (Lipinski definition) is 7. The van der Waals surface area contributed by atoms with Gasteiger partial charge >= 0.3 is 0 Å². The van der Waals surface area contributed by atoms with Gasteiger partial charge in [-0.2, -0.15) is 5.10 Å². The normalized spacial score (nSPS) is 20.6. The van der Waals surface area contributed by atoms with Crippen LogP contribution in [0.4, 0.5) is 5.13 Å². The zero-order chi connectivity index (χ0) is 24.3. The minimum atomic E-state index is 0.350. The molecule has 4 aromatic rings. The molecule has 4 aromatic heterocycles. The van der Waals surface area contributed by atoms with Crippen molar-refractivity contribution in [3.8, 4) is 11.3 Å². The average molecular weight is 494 g/mol. The standard InChI is InChI=1S/C26H35N7OS/c1-15(2)21-22(20-13-33-24(27-14-28-33)18(5)17(20)4)29-25-23(21)30-26(35-25)32-9-8-31(12-16(32)3)19-6-10-34-11-7-19/h13-16,19,29H,6-12H2,1-5H3/t16-/m0/s1. The molecular weight excluding hydrogens is 458 g/mol. The summed E-state index contributed by atoms with van der Waals surface area (Å²) in [5, 5.41) is 5.54. The van der Waals surface area contributed by atoms with Gasteiger partial charge in [0.1, 0.15) is 16.7 Å². The Balaban J connectivity index is 1.33. The number of aromatic nitrogens is 5. The number of hydrogen-bond donors (Lipinski definition) is 1. The maximum Gasteiger partial charge on any atom is 0.188 e. The molecule has 35 heavy (non-hydrogen) atoms. The minimum absolute atomic E-state index is 0.350. The fourth-order valence-electron chi connectivity index (χ4n) is 5.88. The van der Waals surface area contributed by atoms with Gasteiger partial charge in [0.05, 0.1) is 5.69 Å². The van der Waals surface area contributed by atoms with Crippen LogP contribution in [0.15, 0.2) is 12.5 Å². The molecular formula is C26H35N7OS. The van der Waals surface area contributed by atoms with E-state index in [1.807, 2.05) is 4.52 Å². The molecule has 2 aliphatic heterocycles. The third kappa shape index (κ3) is 3.84. The lowest BCUT2D eigenvalue weighted by atomic mass is 9.96. The van der Waals surface area contributed by atoms with Crippen molar-refractivity contribution in [2.24, 2.45) is 0 Å². The molecule has 0 radical (unpaired) electrons. The highest BCUT2D eigenvalue weighted by Gasteiger charge is 2.32. The third-order valence-electron chi connectivity index (χ3n) is 7.96. The Kier molecular flexibility index (Phi) is 5.81. The van der Waals surface area contributed by atoms with Gasteiger partial charge in [0.15, 0.2) is 10.8 Å². The number of ether oxygens (including phenoxy) is 1. The van der Waals surface area contributed by atoms with Crippen LogP contribution in [0.2, 0.25) is 0 Å². The summed E-state index contributed by atoms with van der Waals surface area (Å²) < 4.78 is 7.46. The number of aryl methyl sites for hydroxylation is 1. The van der Waals surface area contributed by atoms with Crippen LogP contribution in [0.25, 0.3) is 27.3 Å². The molecule has 0 aliphatic carbocycles. The number of thiazole rings is 1. The zero-order valence-electron chi connectivity index (χ0n) is 21.3. The monoisotopic (exact) mass is 493 g/mol. The Morgan fingerprint density at radius 3 is 2.69 bits per heavy atom. The summed E-state index contributed by atoms with van der Waals surface area (Å²) in [6.45, 7) is 16.2. The number of pyridine rings is 1. The fraction of sp³-hybridized carbons (Fsp3) is 0.577. The number of piperazine rings is 1. The van der Waals surface area contributed by atoms with Crippen LogP contribution in [-0.4, -0.2) is 74.4 Å². The lowest BCUT2D eigenvalue weighted by molar-refractivity contribution is 0.0280. The average Bonchev–Trinajstić information content (AvgIpc) is 3.56. The topological polar surface area (TPSA) is 74.6 Å². The van der Waals surface area contributed by atoms with Gasteiger partial charge in [-0.25, -0.2) is 14.5 Å². The summed E-state index contributed by atoms with van der Waals surface area (Å²) in [5.41, 5.74) is 8.06. The van der Waals surface area contributed by atoms with Crippen LogP contribution >= 0.6 is 11.3 Å². The van der Waals surface area contributed by atoms with Crippen LogP contribution in [0.3, 0.4) is 0 Å². The van der Waals surface area contributed by atoms with Crippen LogP contribution in [0, 0.1) is 13.8 Å². The number of aromatic amines is 1. The van der Waals surface area contributed by atoms with Gasteiger partial charge < -0.3 is 14.6 Å². The van der Waals surface area contributed by atoms with Gasteiger partial charge in [-0.15, -0.1) is 0 Å². The molecule has 0 bridgehead atoms. The molecule has 1 N–H and O–H groups in total. The Bertz CT molecular complexity index is 1360. The van der Waals surface area contributed by atoms with Gasteiger partial charge in [0.2, 0.25) is 0 Å². The summed E-state index contributed by atoms with van der Waals surface area (Å²) in [7, 11) is 0. The SMILES string of the molecule is Cc1c(-c2[nH]c3sc(N4CCN(C5CCOCC5)C[C@@H]4C)nc3c2C(C)C)cn2ncnc2c1C. The molecule has 186 valence electrons. The Morgan fingerprint density at radius 1 is 1.14 bits per heavy atom. The molecule has 2 aliphatic rings. The number of rotatable bonds is 4. The van der Waals surface area contributed by atoms with E-state index in [1.165, 1.54) is 16.7 Å². The highest BCUT2D eigenvalue weighted by molar-refractivity contribution is 7.21. The van der Waals surface area contributed by atoms with Crippen molar-refractivity contribution in [1.29, 1.82) is 0 Å². The third-order valence-corrected chi connectivity index (χ3v) is 8.97. The van der Waals surface area contributed by atoms with E-state index in [0.717, 1.165) is 78.1 Å². The van der Waals surface area contributed by atoms with E-state index >= 15 is 0 Å². The fourth-order valence-corrected chi connectivity index (χ4v) is 6.99. The second kappa shape index (κ2) is 8.87. The summed E-state index contributed by atoms with van der Waals surface area (Å²) in [6, 6.07) is 1.12. The van der Waals surface area contributed by atoms with Crippen molar-refractivity contribution >= 4 is 32.5 Å². The molecule has 6 heterocycles. The molecule has 2 saturated heterocycles. The summed E-state index contributed by atoms with van der Waals surface area (Å²) in [6.07, 6.45) is 6.04. The van der Waals surface area contributed by atoms with Crippen molar-refractivity contribution in [2.45, 2.75) is 65.5 Å². The van der Waals surface area contributed by atoms with Crippen molar-refractivity contribution < 1.29 is 4.74 Å². The predicted molar refractivity (Wildman–Crippen MR) is 142 cm³/mol. The maximum atomic E-state index is 5.58. The first-order valence-corrected chi connectivity index (χ1v) is 13.6. The van der Waals surface area contributed by atoms with E-state index in [1.54, 1.807) is 17.7 Å². The number of fused-ring (bicyclic) bond motifs is 2. The Morgan fingerprint density at radius 2 is 1.94 bits per heavy atom. The van der Waals surface area contributed by atoms with E-state index in [9.17, 15) is 0 Å². The molecule has 9 heteroatoms. The number of nitrogens with one attached hydrogen (secondary N) is 1. The lowest BCUT2D eigenvalue weighted by Crippen LogP contribution is -2.55. The first-order valence-electron chi connectivity index (χ1n) is 12.8. The summed E-state index contributed by atoms with van der Waals surface area (Å²) in [5.74, 6) is 0.350. The molecule has 0 saturated carbocycles. The highest BCUT2D eigenvalue weighted by Crippen LogP contribution is 2.41. The van der Waals surface area contributed by atoms with E-state index in [-0.39, 0.29) is 0 Å². The minimum Gasteiger partial charge on any atom is -0.381 e. The highest BCUT2D eigenvalue weighted by atomic mass is 32.1. The quantitative estimate of drug-likeness (QED) is 0.442. The van der Waals surface area contributed by atoms with E-state index in [4.69, 9.17) is 9.72 Å². The van der Waals surface area contributed by atoms with Crippen LogP contribution < -0.4 is 4.90 Å². The first kappa shape index (κ1) is 22.9. The number of H-pyrrole nitrogens is 1. The second-order valence-corrected chi connectivity index (χ2v) is 11.4. The molecule has 0 spiro atoms. The first-order chi connectivity index (χ1) is 16.9. The van der Waals surface area contributed by atoms with Crippen LogP contribution in [-0.2, 0) is 4.74 Å². The van der Waals surface area contributed by atoms with Gasteiger partial charge in [0.25, 0.3) is 0 Å². The van der Waals surface area contributed by atoms with Crippen LogP contribution in [0.1, 0.15) is 56.2 Å². The molecule has 8 nitrogen and oxygen atoms in total. The second-order valence-electron chi connectivity index (χ2n) is 10.4. The number of anilines is 1. The largest absolute Gasteiger partial charge is 0.381 e. The Hall–Kier alpha value is -2.49. The maximum absolute atomic E-state index is 5.58. The zero-order valence-corrected chi connectivity index (χ0v) is 22.2. The van der Waals surface area contributed by atoms with E-state index < -0.39 is 0 Å². The predicted octanol–water partition coefficient (Wildman–Crippen LogP) is 4.76. The van der Waals surface area contributed by atoms with Gasteiger partial charge in [-0.3, -0.25) is 4.90 Å². The van der Waals surface area contributed by atoms with Crippen LogP contribution in [0.5, 0.6) is 0 Å². The van der Waals surface area contributed by atoms with E-state index in [2.05, 4.69) is 65.7 Å². The molecule has 0 amide bonds. The molecule has 2 fully saturated rings. The summed E-state index contributed by atoms with van der Waals surface area (Å²) >= 11 is 1.79. The Labute approximate surface area is 210 Å². The van der Waals surface area contributed by atoms with Gasteiger partial charge in [-0.1, -0.05) is 25.2 Å². The van der Waals surface area contributed by atoms with Crippen molar-refractivity contribution in [3.05, 3.63) is 29.2 Å². The van der Waals surface area contributed by atoms with E-state index in [0.29, 0.717) is 18.0 Å². The van der Waals surface area contributed by atoms with Crippen molar-refractivity contribution in [2.75, 3.05) is 37.7 Å². The molecule has 1 atom stereocenters. The van der Waals surface area contributed by atoms with Crippen molar-refractivity contribution in [1.82, 2.24) is 29.5 Å². The molecule has 0 aromatic carbocycles.